The maximum atomic E-state index is 2.70. The Kier molecular flexibility index (Phi) is 12.7. The highest BCUT2D eigenvalue weighted by molar-refractivity contribution is 7.00. The number of rotatable bonds is 9. The Hall–Kier alpha value is -12.3. The zero-order chi connectivity index (χ0) is 65.6. The van der Waals surface area contributed by atoms with Gasteiger partial charge in [-0.1, -0.05) is 336 Å². The fraction of sp³-hybridized carbons (Fsp3) is 0.0417. The molecule has 0 aliphatic carbocycles. The van der Waals surface area contributed by atoms with E-state index in [4.69, 9.17) is 0 Å². The number of benzene rings is 18. The molecule has 0 radical (unpaired) electrons. The van der Waals surface area contributed by atoms with E-state index in [1.165, 1.54) is 109 Å². The molecular formula is C96H65BN2. The highest BCUT2D eigenvalue weighted by Gasteiger charge is 2.46. The summed E-state index contributed by atoms with van der Waals surface area (Å²) in [6, 6.07) is 129. The monoisotopic (exact) mass is 1260 g/mol. The third kappa shape index (κ3) is 8.90. The van der Waals surface area contributed by atoms with E-state index >= 15 is 0 Å². The van der Waals surface area contributed by atoms with Gasteiger partial charge in [0.05, 0.1) is 11.4 Å². The molecule has 0 spiro atoms. The molecule has 2 aliphatic rings. The number of hydrogen-bond acceptors (Lipinski definition) is 2. The lowest BCUT2D eigenvalue weighted by Gasteiger charge is -2.46. The minimum atomic E-state index is -0.219. The van der Waals surface area contributed by atoms with Crippen LogP contribution in [-0.2, 0) is 5.41 Å². The van der Waals surface area contributed by atoms with Crippen molar-refractivity contribution in [2.45, 2.75) is 26.2 Å². The molecule has 18 aromatic carbocycles. The number of para-hydroxylation sites is 2. The van der Waals surface area contributed by atoms with Crippen molar-refractivity contribution < 1.29 is 0 Å². The van der Waals surface area contributed by atoms with Crippen LogP contribution in [0.4, 0.5) is 34.1 Å². The summed E-state index contributed by atoms with van der Waals surface area (Å²) in [7, 11) is 0. The van der Waals surface area contributed by atoms with Crippen LogP contribution in [0.25, 0.3) is 143 Å². The molecule has 0 saturated heterocycles. The van der Waals surface area contributed by atoms with Crippen LogP contribution in [0.2, 0.25) is 0 Å². The van der Waals surface area contributed by atoms with Crippen LogP contribution in [0.5, 0.6) is 0 Å². The first-order valence-corrected chi connectivity index (χ1v) is 34.7. The largest absolute Gasteiger partial charge is 0.310 e. The maximum absolute atomic E-state index is 2.70. The molecule has 0 amide bonds. The molecule has 18 aromatic rings. The summed E-state index contributed by atoms with van der Waals surface area (Å²) in [6.07, 6.45) is 0. The molecule has 0 N–H and O–H groups in total. The summed E-state index contributed by atoms with van der Waals surface area (Å²) in [5.74, 6) is 0. The topological polar surface area (TPSA) is 6.48 Å². The van der Waals surface area contributed by atoms with Crippen LogP contribution in [0, 0.1) is 0 Å². The molecule has 20 rings (SSSR count). The Labute approximate surface area is 577 Å². The van der Waals surface area contributed by atoms with Crippen molar-refractivity contribution in [2.24, 2.45) is 0 Å². The van der Waals surface area contributed by atoms with Crippen molar-refractivity contribution >= 4 is 122 Å². The van der Waals surface area contributed by atoms with Crippen LogP contribution in [-0.4, -0.2) is 6.71 Å². The molecule has 462 valence electrons. The van der Waals surface area contributed by atoms with E-state index in [-0.39, 0.29) is 12.1 Å². The van der Waals surface area contributed by atoms with Crippen LogP contribution in [0.15, 0.2) is 340 Å². The van der Waals surface area contributed by atoms with Crippen molar-refractivity contribution in [2.75, 3.05) is 9.80 Å². The second-order valence-corrected chi connectivity index (χ2v) is 28.2. The van der Waals surface area contributed by atoms with Crippen LogP contribution >= 0.6 is 0 Å². The Balaban J connectivity index is 0.947. The van der Waals surface area contributed by atoms with Gasteiger partial charge in [-0.25, -0.2) is 0 Å². The van der Waals surface area contributed by atoms with Gasteiger partial charge in [0.2, 0.25) is 0 Å². The van der Waals surface area contributed by atoms with E-state index in [1.807, 2.05) is 0 Å². The van der Waals surface area contributed by atoms with Crippen molar-refractivity contribution in [3.8, 4) is 77.9 Å². The third-order valence-electron chi connectivity index (χ3n) is 21.7. The SMILES string of the molecule is CC(C)(C)c1ccc(-c2cc3c4c(c2)N(c2c(-c5ccccc5)cccc2-c2ccccc2)c2cc(-c5ccc6ccc7cccc8ccc5c6c78)ccc2B4c2ccc(-c4ccc5ccc6cccc7ccc4c5c67)cc2N3c2c(-c3ccccc3)cccc2-c2ccccc2)cc1. The van der Waals surface area contributed by atoms with E-state index in [9.17, 15) is 0 Å². The number of anilines is 6. The van der Waals surface area contributed by atoms with Crippen molar-refractivity contribution in [1.29, 1.82) is 0 Å². The van der Waals surface area contributed by atoms with E-state index in [2.05, 4.69) is 370 Å². The van der Waals surface area contributed by atoms with E-state index in [1.54, 1.807) is 0 Å². The predicted octanol–water partition coefficient (Wildman–Crippen LogP) is 24.5. The second kappa shape index (κ2) is 22.1. The summed E-state index contributed by atoms with van der Waals surface area (Å²) >= 11 is 0. The lowest BCUT2D eigenvalue weighted by atomic mass is 9.33. The van der Waals surface area contributed by atoms with Gasteiger partial charge in [0.25, 0.3) is 6.71 Å². The van der Waals surface area contributed by atoms with Crippen LogP contribution in [0.3, 0.4) is 0 Å². The van der Waals surface area contributed by atoms with E-state index in [0.29, 0.717) is 0 Å². The van der Waals surface area contributed by atoms with Crippen molar-refractivity contribution in [3.63, 3.8) is 0 Å². The highest BCUT2D eigenvalue weighted by Crippen LogP contribution is 2.55. The lowest BCUT2D eigenvalue weighted by Crippen LogP contribution is -2.61. The molecule has 0 unspecified atom stereocenters. The second-order valence-electron chi connectivity index (χ2n) is 28.2. The van der Waals surface area contributed by atoms with Crippen molar-refractivity contribution in [3.05, 3.63) is 345 Å². The average Bonchev–Trinajstić information content (AvgIpc) is 0.689. The van der Waals surface area contributed by atoms with E-state index in [0.717, 1.165) is 89.8 Å². The molecule has 0 aromatic heterocycles. The van der Waals surface area contributed by atoms with Gasteiger partial charge in [-0.3, -0.25) is 0 Å². The lowest BCUT2D eigenvalue weighted by molar-refractivity contribution is 0.590. The van der Waals surface area contributed by atoms with Gasteiger partial charge in [0.1, 0.15) is 0 Å². The number of nitrogens with zero attached hydrogens (tertiary/aromatic N) is 2. The average molecular weight is 1260 g/mol. The Morgan fingerprint density at radius 3 is 0.929 bits per heavy atom. The first-order chi connectivity index (χ1) is 48.8. The van der Waals surface area contributed by atoms with Crippen molar-refractivity contribution in [1.82, 2.24) is 0 Å². The minimum absolute atomic E-state index is 0.0442. The van der Waals surface area contributed by atoms with Gasteiger partial charge in [0.15, 0.2) is 0 Å². The fourth-order valence-corrected chi connectivity index (χ4v) is 17.1. The van der Waals surface area contributed by atoms with Gasteiger partial charge < -0.3 is 9.80 Å². The normalized spacial score (nSPS) is 12.7. The molecular weight excluding hydrogens is 1190 g/mol. The summed E-state index contributed by atoms with van der Waals surface area (Å²) in [4.78, 5) is 5.40. The van der Waals surface area contributed by atoms with Gasteiger partial charge in [-0.15, -0.1) is 0 Å². The molecule has 99 heavy (non-hydrogen) atoms. The Morgan fingerprint density at radius 2 is 0.556 bits per heavy atom. The molecule has 2 aliphatic heterocycles. The molecule has 0 atom stereocenters. The standard InChI is InChI=1S/C96H65BN2/c1-96(2,3)74-48-40-60(41-49-74)73-58-87-93-88(59-73)99(95-79(63-24-12-6-13-25-63)34-19-35-80(95)64-26-14-7-15-27-64)86-57-72(76-51-43-70-39-37-66-29-17-31-68-45-53-82(76)92(70)90(66)68)47-55-84(86)97(93)83-54-46-71(75-50-42-69-38-36-65-28-16-30-67-44-52-81(75)91(69)89(65)67)56-85(83)98(87)94-77(61-20-8-4-9-21-61)32-18-33-78(94)62-22-10-5-11-23-62/h4-59H,1-3H3. The Bertz CT molecular complexity index is 5750. The number of fused-ring (bicyclic) bond motifs is 4. The molecule has 0 bridgehead atoms. The first kappa shape index (κ1) is 57.0. The Morgan fingerprint density at radius 1 is 0.232 bits per heavy atom. The molecule has 2 nitrogen and oxygen atoms in total. The quantitative estimate of drug-likeness (QED) is 0.105. The predicted molar refractivity (Wildman–Crippen MR) is 425 cm³/mol. The van der Waals surface area contributed by atoms with Gasteiger partial charge >= 0.3 is 0 Å². The molecule has 0 fully saturated rings. The van der Waals surface area contributed by atoms with Gasteiger partial charge in [-0.2, -0.15) is 0 Å². The van der Waals surface area contributed by atoms with Crippen LogP contribution < -0.4 is 26.2 Å². The zero-order valence-corrected chi connectivity index (χ0v) is 55.3. The molecule has 3 heteroatoms. The summed E-state index contributed by atoms with van der Waals surface area (Å²) < 4.78 is 0. The molecule has 0 saturated carbocycles. The minimum Gasteiger partial charge on any atom is -0.310 e. The summed E-state index contributed by atoms with van der Waals surface area (Å²) in [5.41, 5.74) is 28.0. The maximum Gasteiger partial charge on any atom is 0.252 e. The third-order valence-corrected chi connectivity index (χ3v) is 21.7. The smallest absolute Gasteiger partial charge is 0.252 e. The number of hydrogen-bond donors (Lipinski definition) is 0. The zero-order valence-electron chi connectivity index (χ0n) is 55.3. The first-order valence-electron chi connectivity index (χ1n) is 34.7. The fourth-order valence-electron chi connectivity index (χ4n) is 17.1. The molecule has 2 heterocycles. The van der Waals surface area contributed by atoms with Gasteiger partial charge in [0, 0.05) is 45.0 Å². The summed E-state index contributed by atoms with van der Waals surface area (Å²) in [5, 5.41) is 15.3. The van der Waals surface area contributed by atoms with Gasteiger partial charge in [-0.05, 0) is 172 Å². The highest BCUT2D eigenvalue weighted by atomic mass is 15.2. The van der Waals surface area contributed by atoms with E-state index < -0.39 is 0 Å². The summed E-state index contributed by atoms with van der Waals surface area (Å²) in [6.45, 7) is 6.72. The van der Waals surface area contributed by atoms with Crippen LogP contribution in [0.1, 0.15) is 26.3 Å².